The quantitative estimate of drug-likeness (QED) is 0.412. The second-order valence-corrected chi connectivity index (χ2v) is 9.10. The van der Waals surface area contributed by atoms with E-state index in [1.807, 2.05) is 24.3 Å². The Labute approximate surface area is 205 Å². The van der Waals surface area contributed by atoms with Crippen LogP contribution in [-0.2, 0) is 21.7 Å². The normalized spacial score (nSPS) is 22.5. The maximum absolute atomic E-state index is 13.6. The minimum absolute atomic E-state index is 0.000250. The number of hydrogen-bond donors (Lipinski definition) is 4. The molecule has 4 rings (SSSR count). The highest BCUT2D eigenvalue weighted by Crippen LogP contribution is 2.47. The van der Waals surface area contributed by atoms with Crippen LogP contribution in [0.4, 0.5) is 11.4 Å². The summed E-state index contributed by atoms with van der Waals surface area (Å²) in [5.41, 5.74) is 0.938. The van der Waals surface area contributed by atoms with Gasteiger partial charge in [0.05, 0.1) is 25.4 Å². The molecule has 0 spiro atoms. The van der Waals surface area contributed by atoms with Crippen molar-refractivity contribution in [3.8, 4) is 5.75 Å². The first-order valence-corrected chi connectivity index (χ1v) is 12.0. The van der Waals surface area contributed by atoms with E-state index in [1.54, 1.807) is 49.3 Å². The number of aliphatic hydroxyl groups is 2. The lowest BCUT2D eigenvalue weighted by molar-refractivity contribution is -0.139. The first kappa shape index (κ1) is 24.9. The van der Waals surface area contributed by atoms with Crippen molar-refractivity contribution in [2.75, 3.05) is 30.5 Å². The van der Waals surface area contributed by atoms with Crippen LogP contribution in [0.1, 0.15) is 37.3 Å². The molecular formula is C27H33N3O5. The Morgan fingerprint density at radius 3 is 2.74 bits per heavy atom. The average Bonchev–Trinajstić information content (AvgIpc) is 3.48. The molecule has 2 amide bonds. The third-order valence-electron chi connectivity index (χ3n) is 6.79. The molecule has 4 N–H and O–H groups in total. The van der Waals surface area contributed by atoms with Gasteiger partial charge in [-0.1, -0.05) is 31.2 Å². The van der Waals surface area contributed by atoms with E-state index in [4.69, 9.17) is 9.84 Å². The van der Waals surface area contributed by atoms with Crippen LogP contribution in [0.3, 0.4) is 0 Å². The smallest absolute Gasteiger partial charge is 0.264 e. The van der Waals surface area contributed by atoms with Gasteiger partial charge in [-0.25, -0.2) is 0 Å². The largest absolute Gasteiger partial charge is 0.497 e. The molecule has 8 nitrogen and oxygen atoms in total. The monoisotopic (exact) mass is 479 g/mol. The summed E-state index contributed by atoms with van der Waals surface area (Å²) < 4.78 is 5.35. The summed E-state index contributed by atoms with van der Waals surface area (Å²) in [5, 5.41) is 26.9. The fourth-order valence-corrected chi connectivity index (χ4v) is 4.74. The molecule has 2 aliphatic rings. The summed E-state index contributed by atoms with van der Waals surface area (Å²) in [6.45, 7) is 2.91. The zero-order valence-electron chi connectivity index (χ0n) is 20.2. The summed E-state index contributed by atoms with van der Waals surface area (Å²) in [4.78, 5) is 27.6. The zero-order valence-corrected chi connectivity index (χ0v) is 20.2. The molecule has 2 aromatic rings. The van der Waals surface area contributed by atoms with Gasteiger partial charge < -0.3 is 30.5 Å². The maximum atomic E-state index is 13.6. The van der Waals surface area contributed by atoms with E-state index < -0.39 is 17.4 Å². The van der Waals surface area contributed by atoms with E-state index in [0.29, 0.717) is 29.1 Å². The number of carbonyl (C=O) groups is 2. The van der Waals surface area contributed by atoms with Gasteiger partial charge >= 0.3 is 0 Å². The number of fused-ring (bicyclic) bond motifs is 1. The number of aliphatic hydroxyl groups excluding tert-OH is 1. The second-order valence-electron chi connectivity index (χ2n) is 9.10. The van der Waals surface area contributed by atoms with Gasteiger partial charge in [0.15, 0.2) is 5.60 Å². The van der Waals surface area contributed by atoms with Gasteiger partial charge in [-0.15, -0.1) is 0 Å². The summed E-state index contributed by atoms with van der Waals surface area (Å²) in [6, 6.07) is 12.5. The second kappa shape index (κ2) is 10.6. The van der Waals surface area contributed by atoms with Gasteiger partial charge in [-0.05, 0) is 61.7 Å². The Hall–Kier alpha value is -3.20. The standard InChI is InChI=1S/C27H33N3O5/c1-18(6-3-4-15-31)27(34)22-16-21(35-2)12-13-24(22)30(26(27)33)17-19-8-10-20(11-9-19)29-25(32)23-7-5-14-28-23/h3,6,8-13,16,18,23,28,31,34H,4-5,7,14-15,17H2,1-2H3,(H,29,32)/b6-3+/t18-,23+,27+/m0/s1. The van der Waals surface area contributed by atoms with Crippen molar-refractivity contribution in [3.63, 3.8) is 0 Å². The predicted molar refractivity (Wildman–Crippen MR) is 134 cm³/mol. The van der Waals surface area contributed by atoms with Gasteiger partial charge in [0, 0.05) is 23.8 Å². The number of rotatable bonds is 9. The van der Waals surface area contributed by atoms with E-state index in [0.717, 1.165) is 24.9 Å². The van der Waals surface area contributed by atoms with Crippen molar-refractivity contribution < 1.29 is 24.5 Å². The van der Waals surface area contributed by atoms with Gasteiger partial charge in [0.1, 0.15) is 5.75 Å². The van der Waals surface area contributed by atoms with Crippen molar-refractivity contribution in [1.29, 1.82) is 0 Å². The average molecular weight is 480 g/mol. The number of methoxy groups -OCH3 is 1. The van der Waals surface area contributed by atoms with Crippen molar-refractivity contribution in [1.82, 2.24) is 5.32 Å². The minimum atomic E-state index is -1.75. The molecule has 2 heterocycles. The van der Waals surface area contributed by atoms with E-state index in [9.17, 15) is 14.7 Å². The third kappa shape index (κ3) is 4.96. The molecule has 0 aliphatic carbocycles. The van der Waals surface area contributed by atoms with Crippen LogP contribution in [0, 0.1) is 5.92 Å². The Balaban J connectivity index is 1.56. The Morgan fingerprint density at radius 2 is 2.09 bits per heavy atom. The molecule has 2 aromatic carbocycles. The number of ether oxygens (including phenoxy) is 1. The van der Waals surface area contributed by atoms with Crippen LogP contribution in [-0.4, -0.2) is 48.3 Å². The lowest BCUT2D eigenvalue weighted by Gasteiger charge is -2.27. The van der Waals surface area contributed by atoms with Crippen LogP contribution in [0.25, 0.3) is 0 Å². The van der Waals surface area contributed by atoms with E-state index >= 15 is 0 Å². The molecule has 0 saturated carbocycles. The number of nitrogens with zero attached hydrogens (tertiary/aromatic N) is 1. The summed E-state index contributed by atoms with van der Waals surface area (Å²) in [6.07, 6.45) is 5.81. The van der Waals surface area contributed by atoms with Crippen molar-refractivity contribution in [3.05, 3.63) is 65.7 Å². The molecule has 0 bridgehead atoms. The van der Waals surface area contributed by atoms with E-state index in [1.165, 1.54) is 0 Å². The Morgan fingerprint density at radius 1 is 1.31 bits per heavy atom. The molecule has 0 unspecified atom stereocenters. The number of hydrogen-bond acceptors (Lipinski definition) is 6. The Bertz CT molecular complexity index is 1090. The number of carbonyl (C=O) groups excluding carboxylic acids is 2. The Kier molecular flexibility index (Phi) is 7.54. The zero-order chi connectivity index (χ0) is 25.0. The van der Waals surface area contributed by atoms with Gasteiger partial charge in [-0.2, -0.15) is 0 Å². The van der Waals surface area contributed by atoms with Crippen LogP contribution in [0.2, 0.25) is 0 Å². The van der Waals surface area contributed by atoms with Crippen LogP contribution in [0.5, 0.6) is 5.75 Å². The fourth-order valence-electron chi connectivity index (χ4n) is 4.74. The molecule has 35 heavy (non-hydrogen) atoms. The van der Waals surface area contributed by atoms with Gasteiger partial charge in [0.25, 0.3) is 5.91 Å². The lowest BCUT2D eigenvalue weighted by Crippen LogP contribution is -2.44. The summed E-state index contributed by atoms with van der Waals surface area (Å²) in [7, 11) is 1.54. The molecule has 1 fully saturated rings. The third-order valence-corrected chi connectivity index (χ3v) is 6.79. The van der Waals surface area contributed by atoms with Crippen LogP contribution in [0.15, 0.2) is 54.6 Å². The number of amides is 2. The molecular weight excluding hydrogens is 446 g/mol. The topological polar surface area (TPSA) is 111 Å². The SMILES string of the molecule is COc1ccc2c(c1)[C@](O)([C@@H](C)/C=C/CCO)C(=O)N2Cc1ccc(NC(=O)[C@H]2CCCN2)cc1. The van der Waals surface area contributed by atoms with E-state index in [2.05, 4.69) is 10.6 Å². The molecule has 1 saturated heterocycles. The first-order valence-electron chi connectivity index (χ1n) is 12.0. The predicted octanol–water partition coefficient (Wildman–Crippen LogP) is 2.69. The molecule has 2 aliphatic heterocycles. The molecule has 186 valence electrons. The van der Waals surface area contributed by atoms with Crippen LogP contribution < -0.4 is 20.3 Å². The molecule has 0 aromatic heterocycles. The number of benzene rings is 2. The fraction of sp³-hybridized carbons (Fsp3) is 0.407. The van der Waals surface area contributed by atoms with Gasteiger partial charge in [-0.3, -0.25) is 9.59 Å². The molecule has 8 heteroatoms. The highest BCUT2D eigenvalue weighted by atomic mass is 16.5. The lowest BCUT2D eigenvalue weighted by atomic mass is 9.83. The van der Waals surface area contributed by atoms with E-state index in [-0.39, 0.29) is 25.1 Å². The highest BCUT2D eigenvalue weighted by Gasteiger charge is 2.52. The minimum Gasteiger partial charge on any atom is -0.497 e. The van der Waals surface area contributed by atoms with Gasteiger partial charge in [0.2, 0.25) is 5.91 Å². The van der Waals surface area contributed by atoms with Crippen molar-refractivity contribution >= 4 is 23.2 Å². The summed E-state index contributed by atoms with van der Waals surface area (Å²) in [5.74, 6) is -0.410. The molecule has 0 radical (unpaired) electrons. The maximum Gasteiger partial charge on any atom is 0.264 e. The number of anilines is 2. The first-order chi connectivity index (χ1) is 16.9. The number of nitrogens with one attached hydrogen (secondary N) is 2. The van der Waals surface area contributed by atoms with Crippen molar-refractivity contribution in [2.24, 2.45) is 5.92 Å². The summed E-state index contributed by atoms with van der Waals surface area (Å²) >= 11 is 0. The van der Waals surface area contributed by atoms with Crippen molar-refractivity contribution in [2.45, 2.75) is 44.4 Å². The van der Waals surface area contributed by atoms with Crippen LogP contribution >= 0.6 is 0 Å². The highest BCUT2D eigenvalue weighted by molar-refractivity contribution is 6.07. The molecule has 3 atom stereocenters.